The van der Waals surface area contributed by atoms with Crippen LogP contribution in [0, 0.1) is 0 Å². The lowest BCUT2D eigenvalue weighted by Crippen LogP contribution is -2.22. The number of primary amides is 1. The fraction of sp³-hybridized carbons (Fsp3) is 0.235. The Labute approximate surface area is 179 Å². The van der Waals surface area contributed by atoms with E-state index in [1.165, 1.54) is 11.3 Å². The zero-order valence-corrected chi connectivity index (χ0v) is 17.0. The van der Waals surface area contributed by atoms with E-state index >= 15 is 0 Å². The molecule has 1 saturated heterocycles. The summed E-state index contributed by atoms with van der Waals surface area (Å²) in [4.78, 5) is 27.6. The second-order valence-electron chi connectivity index (χ2n) is 6.45. The number of hydrogen-bond donors (Lipinski definition) is 4. The molecule has 0 aromatic carbocycles. The molecule has 1 aliphatic heterocycles. The largest absolute Gasteiger partial charge is 0.364 e. The highest BCUT2D eigenvalue weighted by Gasteiger charge is 2.18. The van der Waals surface area contributed by atoms with Gasteiger partial charge in [0.2, 0.25) is 17.5 Å². The van der Waals surface area contributed by atoms with Gasteiger partial charge in [0, 0.05) is 25.4 Å². The Morgan fingerprint density at radius 1 is 1.32 bits per heavy atom. The molecule has 0 bridgehead atoms. The second kappa shape index (κ2) is 9.17. The van der Waals surface area contributed by atoms with Crippen molar-refractivity contribution in [3.05, 3.63) is 35.6 Å². The lowest BCUT2D eigenvalue weighted by Gasteiger charge is -2.16. The molecule has 14 heteroatoms. The maximum absolute atomic E-state index is 11.2. The molecule has 0 aliphatic carbocycles. The van der Waals surface area contributed by atoms with Gasteiger partial charge in [-0.2, -0.15) is 10.1 Å². The van der Waals surface area contributed by atoms with Gasteiger partial charge < -0.3 is 21.3 Å². The van der Waals surface area contributed by atoms with Crippen molar-refractivity contribution in [1.82, 2.24) is 35.0 Å². The number of rotatable bonds is 6. The summed E-state index contributed by atoms with van der Waals surface area (Å²) in [5.41, 5.74) is 7.85. The van der Waals surface area contributed by atoms with Crippen LogP contribution in [0.2, 0.25) is 0 Å². The van der Waals surface area contributed by atoms with Crippen molar-refractivity contribution in [2.75, 3.05) is 28.6 Å². The minimum absolute atomic E-state index is 0.243. The minimum atomic E-state index is -0.557. The van der Waals surface area contributed by atoms with E-state index in [0.29, 0.717) is 29.1 Å². The van der Waals surface area contributed by atoms with Crippen LogP contribution in [-0.2, 0) is 4.79 Å². The van der Waals surface area contributed by atoms with Gasteiger partial charge >= 0.3 is 0 Å². The zero-order chi connectivity index (χ0) is 21.6. The molecule has 5 N–H and O–H groups in total. The zero-order valence-electron chi connectivity index (χ0n) is 16.2. The number of aromatic amines is 1. The molecule has 2 amide bonds. The maximum Gasteiger partial charge on any atom is 0.266 e. The van der Waals surface area contributed by atoms with Crippen molar-refractivity contribution >= 4 is 51.9 Å². The number of nitrogens with zero attached hydrogens (tertiary/aromatic N) is 7. The van der Waals surface area contributed by atoms with Crippen molar-refractivity contribution < 1.29 is 9.59 Å². The molecular weight excluding hydrogens is 422 g/mol. The number of nitrogens with one attached hydrogen (secondary N) is 3. The Hall–Kier alpha value is -4.07. The van der Waals surface area contributed by atoms with Gasteiger partial charge in [-0.15, -0.1) is 15.3 Å². The first-order valence-corrected chi connectivity index (χ1v) is 10.2. The molecule has 31 heavy (non-hydrogen) atoms. The fourth-order valence-electron chi connectivity index (χ4n) is 2.99. The molecule has 5 rings (SSSR count). The first-order valence-electron chi connectivity index (χ1n) is 9.33. The van der Waals surface area contributed by atoms with Gasteiger partial charge in [-0.05, 0) is 25.0 Å². The molecule has 0 spiro atoms. The lowest BCUT2D eigenvalue weighted by molar-refractivity contribution is -0.105. The standard InChI is InChI=1S/C14H16N8O.C3H3N3OS/c15-12(23)9-8-11(19-18-9)16-13-10-4-3-7-22(10)20-14(17-13)21-5-1-2-6-21;7-1-4-3-6-5-2-8-3/h3-4,7-8H,1-2,5-6H2,(H2,15,23)(H2,16,17,18,19,20);1-2H,(H,4,6,7). The summed E-state index contributed by atoms with van der Waals surface area (Å²) < 4.78 is 1.78. The van der Waals surface area contributed by atoms with Crippen LogP contribution in [0.3, 0.4) is 0 Å². The van der Waals surface area contributed by atoms with Crippen molar-refractivity contribution in [2.24, 2.45) is 5.73 Å². The summed E-state index contributed by atoms with van der Waals surface area (Å²) in [5, 5.41) is 24.2. The van der Waals surface area contributed by atoms with Crippen molar-refractivity contribution in [3.8, 4) is 0 Å². The number of amides is 2. The number of carbonyl (C=O) groups is 2. The normalized spacial score (nSPS) is 13.0. The predicted molar refractivity (Wildman–Crippen MR) is 114 cm³/mol. The highest BCUT2D eigenvalue weighted by Crippen LogP contribution is 2.23. The quantitative estimate of drug-likeness (QED) is 0.318. The van der Waals surface area contributed by atoms with Gasteiger partial charge in [-0.3, -0.25) is 14.7 Å². The number of fused-ring (bicyclic) bond motifs is 1. The van der Waals surface area contributed by atoms with E-state index in [4.69, 9.17) is 5.73 Å². The molecule has 1 aliphatic rings. The van der Waals surface area contributed by atoms with Crippen LogP contribution >= 0.6 is 11.3 Å². The van der Waals surface area contributed by atoms with Gasteiger partial charge in [-0.25, -0.2) is 4.52 Å². The third kappa shape index (κ3) is 4.75. The highest BCUT2D eigenvalue weighted by atomic mass is 32.1. The molecule has 4 aromatic rings. The van der Waals surface area contributed by atoms with Crippen LogP contribution < -0.4 is 21.3 Å². The predicted octanol–water partition coefficient (Wildman–Crippen LogP) is 1.00. The van der Waals surface area contributed by atoms with Crippen molar-refractivity contribution in [2.45, 2.75) is 12.8 Å². The lowest BCUT2D eigenvalue weighted by atomic mass is 10.4. The van der Waals surface area contributed by atoms with Gasteiger partial charge in [-0.1, -0.05) is 11.3 Å². The Morgan fingerprint density at radius 3 is 2.84 bits per heavy atom. The molecule has 160 valence electrons. The fourth-order valence-corrected chi connectivity index (χ4v) is 3.39. The SMILES string of the molecule is NC(=O)c1cc(Nc2nc(N3CCCC3)nn3cccc23)n[nH]1.O=CNc1nncs1. The first-order chi connectivity index (χ1) is 15.1. The molecule has 0 saturated carbocycles. The minimum Gasteiger partial charge on any atom is -0.364 e. The molecule has 0 radical (unpaired) electrons. The smallest absolute Gasteiger partial charge is 0.266 e. The van der Waals surface area contributed by atoms with Crippen molar-refractivity contribution in [3.63, 3.8) is 0 Å². The monoisotopic (exact) mass is 441 g/mol. The number of nitrogens with two attached hydrogens (primary N) is 1. The van der Waals surface area contributed by atoms with Gasteiger partial charge in [0.05, 0.1) is 0 Å². The summed E-state index contributed by atoms with van der Waals surface area (Å²) in [6.45, 7) is 1.92. The Balaban J connectivity index is 0.000000245. The molecule has 5 heterocycles. The van der Waals surface area contributed by atoms with E-state index in [1.807, 2.05) is 18.3 Å². The van der Waals surface area contributed by atoms with Crippen LogP contribution in [0.15, 0.2) is 29.9 Å². The highest BCUT2D eigenvalue weighted by molar-refractivity contribution is 7.13. The van der Waals surface area contributed by atoms with E-state index < -0.39 is 5.91 Å². The molecule has 1 fully saturated rings. The summed E-state index contributed by atoms with van der Waals surface area (Å²) in [5.74, 6) is 1.24. The van der Waals surface area contributed by atoms with Crippen LogP contribution in [0.25, 0.3) is 5.52 Å². The summed E-state index contributed by atoms with van der Waals surface area (Å²) in [7, 11) is 0. The summed E-state index contributed by atoms with van der Waals surface area (Å²) in [6, 6.07) is 5.37. The number of H-pyrrole nitrogens is 1. The van der Waals surface area contributed by atoms with Crippen LogP contribution in [0.4, 0.5) is 22.7 Å². The summed E-state index contributed by atoms with van der Waals surface area (Å²) >= 11 is 1.28. The van der Waals surface area contributed by atoms with Crippen molar-refractivity contribution in [1.29, 1.82) is 0 Å². The van der Waals surface area contributed by atoms with E-state index in [1.54, 1.807) is 16.1 Å². The van der Waals surface area contributed by atoms with Crippen LogP contribution in [0.5, 0.6) is 0 Å². The Bertz CT molecular complexity index is 1160. The molecule has 0 atom stereocenters. The van der Waals surface area contributed by atoms with Gasteiger partial charge in [0.1, 0.15) is 16.7 Å². The average Bonchev–Trinajstić information content (AvgIpc) is 3.55. The third-order valence-electron chi connectivity index (χ3n) is 4.40. The number of aromatic nitrogens is 7. The number of anilines is 4. The van der Waals surface area contributed by atoms with Crippen LogP contribution in [0.1, 0.15) is 23.3 Å². The van der Waals surface area contributed by atoms with Crippen LogP contribution in [-0.4, -0.2) is 60.4 Å². The number of hydrogen-bond acceptors (Lipinski definition) is 10. The molecule has 13 nitrogen and oxygen atoms in total. The van der Waals surface area contributed by atoms with E-state index in [-0.39, 0.29) is 5.69 Å². The molecule has 0 unspecified atom stereocenters. The first kappa shape index (κ1) is 20.2. The topological polar surface area (TPSA) is 172 Å². The van der Waals surface area contributed by atoms with E-state index in [9.17, 15) is 9.59 Å². The Morgan fingerprint density at radius 2 is 2.16 bits per heavy atom. The Kier molecular flexibility index (Phi) is 5.98. The summed E-state index contributed by atoms with van der Waals surface area (Å²) in [6.07, 6.45) is 4.75. The third-order valence-corrected chi connectivity index (χ3v) is 5.02. The second-order valence-corrected chi connectivity index (χ2v) is 7.29. The molecule has 4 aromatic heterocycles. The van der Waals surface area contributed by atoms with E-state index in [0.717, 1.165) is 31.4 Å². The van der Waals surface area contributed by atoms with E-state index in [2.05, 4.69) is 46.0 Å². The maximum atomic E-state index is 11.2. The van der Waals surface area contributed by atoms with Gasteiger partial charge in [0.15, 0.2) is 11.6 Å². The number of carbonyl (C=O) groups excluding carboxylic acids is 2. The average molecular weight is 441 g/mol. The molecular formula is C17H19N11O2S. The van der Waals surface area contributed by atoms with Gasteiger partial charge in [0.25, 0.3) is 5.91 Å².